The molecule has 2 N–H and O–H groups in total. The van der Waals surface area contributed by atoms with Gasteiger partial charge in [0.15, 0.2) is 5.65 Å². The van der Waals surface area contributed by atoms with Gasteiger partial charge in [-0.05, 0) is 29.8 Å². The Labute approximate surface area is 155 Å². The number of nitrogens with zero attached hydrogens (tertiary/aromatic N) is 3. The van der Waals surface area contributed by atoms with Gasteiger partial charge in [-0.15, -0.1) is 0 Å². The molecule has 4 rings (SSSR count). The maximum absolute atomic E-state index is 10.4. The van der Waals surface area contributed by atoms with Crippen LogP contribution >= 0.6 is 11.6 Å². The second-order valence-electron chi connectivity index (χ2n) is 6.11. The predicted octanol–water partition coefficient (Wildman–Crippen LogP) is 2.48. The highest BCUT2D eigenvalue weighted by molar-refractivity contribution is 6.30. The molecule has 1 aliphatic rings. The molecule has 136 valence electrons. The molecule has 2 aromatic heterocycles. The third-order valence-corrected chi connectivity index (χ3v) is 4.55. The van der Waals surface area contributed by atoms with E-state index in [0.717, 1.165) is 16.7 Å². The van der Waals surface area contributed by atoms with Crippen molar-refractivity contribution in [3.05, 3.63) is 59.0 Å². The molecule has 0 bridgehead atoms. The molecule has 8 heteroatoms. The molecular formula is C18H19ClN4O3. The van der Waals surface area contributed by atoms with E-state index < -0.39 is 6.41 Å². The zero-order valence-corrected chi connectivity index (χ0v) is 14.8. The minimum absolute atomic E-state index is 0.272. The van der Waals surface area contributed by atoms with Crippen molar-refractivity contribution in [2.24, 2.45) is 0 Å². The molecule has 7 nitrogen and oxygen atoms in total. The van der Waals surface area contributed by atoms with Gasteiger partial charge in [0, 0.05) is 24.3 Å². The molecule has 0 amide bonds. The Hall–Kier alpha value is -2.03. The number of pyridine rings is 1. The van der Waals surface area contributed by atoms with Crippen molar-refractivity contribution in [2.75, 3.05) is 19.7 Å². The van der Waals surface area contributed by atoms with E-state index in [1.54, 1.807) is 18.3 Å². The standard InChI is InChI=1S/C18H19ClN4O3/c19-13-5-3-12(4-6-13)11-26-18(24)23-8-9-25-15(10-23)17-21-14-2-1-7-20-16(14)22-17/h1-7,15,18,24H,8-11H2,(H,20,21,22)/t15-,18?/m0/s1. The average Bonchev–Trinajstić information content (AvgIpc) is 3.12. The summed E-state index contributed by atoms with van der Waals surface area (Å²) in [6.07, 6.45) is 0.429. The van der Waals surface area contributed by atoms with E-state index in [0.29, 0.717) is 37.2 Å². The van der Waals surface area contributed by atoms with Crippen LogP contribution in [0.3, 0.4) is 0 Å². The van der Waals surface area contributed by atoms with Crippen LogP contribution in [0.1, 0.15) is 17.5 Å². The van der Waals surface area contributed by atoms with E-state index in [2.05, 4.69) is 15.0 Å². The first-order valence-electron chi connectivity index (χ1n) is 8.39. The molecule has 1 saturated heterocycles. The molecule has 1 aliphatic heterocycles. The fourth-order valence-corrected chi connectivity index (χ4v) is 3.03. The molecule has 3 heterocycles. The number of rotatable bonds is 5. The van der Waals surface area contributed by atoms with E-state index in [1.807, 2.05) is 29.2 Å². The van der Waals surface area contributed by atoms with Gasteiger partial charge in [-0.3, -0.25) is 0 Å². The minimum atomic E-state index is -1.01. The maximum Gasteiger partial charge on any atom is 0.216 e. The summed E-state index contributed by atoms with van der Waals surface area (Å²) in [6, 6.07) is 11.1. The number of H-pyrrole nitrogens is 1. The van der Waals surface area contributed by atoms with Crippen molar-refractivity contribution in [1.82, 2.24) is 19.9 Å². The van der Waals surface area contributed by atoms with Crippen molar-refractivity contribution in [1.29, 1.82) is 0 Å². The van der Waals surface area contributed by atoms with Crippen LogP contribution in [0.15, 0.2) is 42.6 Å². The summed E-state index contributed by atoms with van der Waals surface area (Å²) in [5.74, 6) is 0.702. The molecule has 26 heavy (non-hydrogen) atoms. The van der Waals surface area contributed by atoms with Crippen LogP contribution in [0.25, 0.3) is 11.2 Å². The van der Waals surface area contributed by atoms with Gasteiger partial charge in [-0.1, -0.05) is 23.7 Å². The molecule has 1 fully saturated rings. The summed E-state index contributed by atoms with van der Waals surface area (Å²) in [4.78, 5) is 13.8. The Morgan fingerprint density at radius 3 is 3.00 bits per heavy atom. The Morgan fingerprint density at radius 1 is 1.35 bits per heavy atom. The quantitative estimate of drug-likeness (QED) is 0.667. The van der Waals surface area contributed by atoms with Gasteiger partial charge in [-0.25, -0.2) is 14.9 Å². The number of morpholine rings is 1. The van der Waals surface area contributed by atoms with Crippen LogP contribution in [0.4, 0.5) is 0 Å². The Bertz CT molecular complexity index is 837. The highest BCUT2D eigenvalue weighted by atomic mass is 35.5. The number of nitrogens with one attached hydrogen (secondary N) is 1. The fraction of sp³-hybridized carbons (Fsp3) is 0.333. The molecule has 2 atom stereocenters. The Kier molecular flexibility index (Phi) is 5.14. The van der Waals surface area contributed by atoms with Gasteiger partial charge in [0.2, 0.25) is 6.41 Å². The van der Waals surface area contributed by atoms with E-state index in [1.165, 1.54) is 0 Å². The first-order valence-corrected chi connectivity index (χ1v) is 8.77. The van der Waals surface area contributed by atoms with Gasteiger partial charge in [0.05, 0.1) is 13.2 Å². The van der Waals surface area contributed by atoms with Crippen LogP contribution in [0.5, 0.6) is 0 Å². The number of aromatic nitrogens is 3. The summed E-state index contributed by atoms with van der Waals surface area (Å²) in [6.45, 7) is 1.84. The molecule has 0 spiro atoms. The first kappa shape index (κ1) is 17.4. The molecule has 3 aromatic rings. The van der Waals surface area contributed by atoms with E-state index in [9.17, 15) is 5.11 Å². The molecule has 0 radical (unpaired) electrons. The van der Waals surface area contributed by atoms with Gasteiger partial charge >= 0.3 is 0 Å². The molecule has 0 aliphatic carbocycles. The highest BCUT2D eigenvalue weighted by Gasteiger charge is 2.28. The van der Waals surface area contributed by atoms with Crippen molar-refractivity contribution in [2.45, 2.75) is 19.1 Å². The van der Waals surface area contributed by atoms with Gasteiger partial charge in [0.1, 0.15) is 17.4 Å². The molecular weight excluding hydrogens is 356 g/mol. The number of aliphatic hydroxyl groups excluding tert-OH is 1. The molecule has 1 aromatic carbocycles. The number of hydrogen-bond acceptors (Lipinski definition) is 6. The summed E-state index contributed by atoms with van der Waals surface area (Å²) < 4.78 is 11.4. The molecule has 0 saturated carbocycles. The second kappa shape index (κ2) is 7.69. The van der Waals surface area contributed by atoms with Crippen molar-refractivity contribution in [3.63, 3.8) is 0 Å². The number of benzene rings is 1. The predicted molar refractivity (Wildman–Crippen MR) is 96.4 cm³/mol. The summed E-state index contributed by atoms with van der Waals surface area (Å²) in [5.41, 5.74) is 2.46. The Balaban J connectivity index is 1.38. The van der Waals surface area contributed by atoms with Crippen LogP contribution in [-0.4, -0.2) is 51.1 Å². The number of aliphatic hydroxyl groups is 1. The third kappa shape index (κ3) is 3.87. The van der Waals surface area contributed by atoms with Crippen LogP contribution < -0.4 is 0 Å². The Morgan fingerprint density at radius 2 is 2.19 bits per heavy atom. The zero-order chi connectivity index (χ0) is 17.9. The number of ether oxygens (including phenoxy) is 2. The average molecular weight is 375 g/mol. The first-order chi connectivity index (χ1) is 12.7. The summed E-state index contributed by atoms with van der Waals surface area (Å²) >= 11 is 5.87. The lowest BCUT2D eigenvalue weighted by Crippen LogP contribution is -2.46. The number of aromatic amines is 1. The van der Waals surface area contributed by atoms with Crippen molar-refractivity contribution >= 4 is 22.8 Å². The SMILES string of the molecule is OC(OCc1ccc(Cl)cc1)N1CCO[C@H](c2nc3cccnc3[nH]2)C1. The van der Waals surface area contributed by atoms with Crippen LogP contribution in [0.2, 0.25) is 5.02 Å². The van der Waals surface area contributed by atoms with Gasteiger partial charge in [-0.2, -0.15) is 0 Å². The van der Waals surface area contributed by atoms with Gasteiger partial charge < -0.3 is 19.6 Å². The van der Waals surface area contributed by atoms with E-state index in [4.69, 9.17) is 21.1 Å². The summed E-state index contributed by atoms with van der Waals surface area (Å²) in [7, 11) is 0. The lowest BCUT2D eigenvalue weighted by Gasteiger charge is -2.34. The monoisotopic (exact) mass is 374 g/mol. The minimum Gasteiger partial charge on any atom is -0.368 e. The normalized spacial score (nSPS) is 19.7. The lowest BCUT2D eigenvalue weighted by molar-refractivity contribution is -0.224. The topological polar surface area (TPSA) is 83.5 Å². The largest absolute Gasteiger partial charge is 0.368 e. The number of hydrogen-bond donors (Lipinski definition) is 2. The molecule has 1 unspecified atom stereocenters. The van der Waals surface area contributed by atoms with E-state index in [-0.39, 0.29) is 6.10 Å². The highest BCUT2D eigenvalue weighted by Crippen LogP contribution is 2.23. The van der Waals surface area contributed by atoms with Crippen LogP contribution in [0, 0.1) is 0 Å². The lowest BCUT2D eigenvalue weighted by atomic mass is 10.2. The smallest absolute Gasteiger partial charge is 0.216 e. The number of halogens is 1. The van der Waals surface area contributed by atoms with Crippen molar-refractivity contribution in [3.8, 4) is 0 Å². The van der Waals surface area contributed by atoms with Gasteiger partial charge in [0.25, 0.3) is 0 Å². The van der Waals surface area contributed by atoms with Crippen molar-refractivity contribution < 1.29 is 14.6 Å². The number of fused-ring (bicyclic) bond motifs is 1. The second-order valence-corrected chi connectivity index (χ2v) is 6.55. The number of imidazole rings is 1. The zero-order valence-electron chi connectivity index (χ0n) is 14.0. The maximum atomic E-state index is 10.4. The summed E-state index contributed by atoms with van der Waals surface area (Å²) in [5, 5.41) is 11.0. The van der Waals surface area contributed by atoms with E-state index >= 15 is 0 Å². The van der Waals surface area contributed by atoms with Crippen LogP contribution in [-0.2, 0) is 16.1 Å². The third-order valence-electron chi connectivity index (χ3n) is 4.30. The fourth-order valence-electron chi connectivity index (χ4n) is 2.91.